The first-order valence-corrected chi connectivity index (χ1v) is 8.09. The van der Waals surface area contributed by atoms with Crippen molar-refractivity contribution in [1.82, 2.24) is 0 Å². The minimum atomic E-state index is -0.406. The molecular weight excluding hydrogens is 399 g/mol. The van der Waals surface area contributed by atoms with Gasteiger partial charge >= 0.3 is 0 Å². The highest BCUT2D eigenvalue weighted by Crippen LogP contribution is 2.49. The number of anilines is 2. The summed E-state index contributed by atoms with van der Waals surface area (Å²) >= 11 is 8.11. The SMILES string of the molecule is Nc1ccc(C2(C(=O)Nc3ccc(Cl)cc3I)CC2)cc1. The molecule has 1 saturated carbocycles. The number of benzene rings is 2. The lowest BCUT2D eigenvalue weighted by Gasteiger charge is -2.17. The van der Waals surface area contributed by atoms with E-state index in [9.17, 15) is 4.79 Å². The molecule has 0 radical (unpaired) electrons. The smallest absolute Gasteiger partial charge is 0.235 e. The molecule has 0 atom stereocenters. The Morgan fingerprint density at radius 1 is 1.19 bits per heavy atom. The van der Waals surface area contributed by atoms with Gasteiger partial charge in [-0.1, -0.05) is 23.7 Å². The summed E-state index contributed by atoms with van der Waals surface area (Å²) in [6, 6.07) is 13.0. The molecule has 5 heteroatoms. The standard InChI is InChI=1S/C16H14ClIN2O/c17-11-3-6-14(13(18)9-11)20-15(21)16(7-8-16)10-1-4-12(19)5-2-10/h1-6,9H,7-8,19H2,(H,20,21). The van der Waals surface area contributed by atoms with Crippen molar-refractivity contribution in [3.63, 3.8) is 0 Å². The third-order valence-electron chi connectivity index (χ3n) is 3.83. The van der Waals surface area contributed by atoms with Crippen molar-refractivity contribution in [1.29, 1.82) is 0 Å². The van der Waals surface area contributed by atoms with Gasteiger partial charge in [0.15, 0.2) is 0 Å². The maximum Gasteiger partial charge on any atom is 0.235 e. The molecule has 3 rings (SSSR count). The number of amides is 1. The van der Waals surface area contributed by atoms with E-state index in [4.69, 9.17) is 17.3 Å². The van der Waals surface area contributed by atoms with Crippen molar-refractivity contribution < 1.29 is 4.79 Å². The molecule has 1 fully saturated rings. The third-order valence-corrected chi connectivity index (χ3v) is 4.95. The second-order valence-electron chi connectivity index (χ2n) is 5.28. The van der Waals surface area contributed by atoms with Gasteiger partial charge in [-0.05, 0) is 71.3 Å². The van der Waals surface area contributed by atoms with E-state index in [-0.39, 0.29) is 5.91 Å². The predicted octanol–water partition coefficient (Wildman–Crippen LogP) is 4.20. The molecule has 0 aliphatic heterocycles. The van der Waals surface area contributed by atoms with E-state index in [1.807, 2.05) is 36.4 Å². The zero-order chi connectivity index (χ0) is 15.0. The molecule has 3 N–H and O–H groups in total. The van der Waals surface area contributed by atoms with Crippen LogP contribution in [0.4, 0.5) is 11.4 Å². The van der Waals surface area contributed by atoms with E-state index in [0.717, 1.165) is 27.7 Å². The molecule has 2 aromatic rings. The Kier molecular flexibility index (Phi) is 3.84. The Bertz CT molecular complexity index is 696. The van der Waals surface area contributed by atoms with Gasteiger partial charge in [0, 0.05) is 14.3 Å². The highest BCUT2D eigenvalue weighted by atomic mass is 127. The van der Waals surface area contributed by atoms with Crippen molar-refractivity contribution >= 4 is 51.5 Å². The van der Waals surface area contributed by atoms with E-state index in [1.165, 1.54) is 0 Å². The van der Waals surface area contributed by atoms with Gasteiger partial charge < -0.3 is 11.1 Å². The molecule has 3 nitrogen and oxygen atoms in total. The number of halogens is 2. The largest absolute Gasteiger partial charge is 0.399 e. The summed E-state index contributed by atoms with van der Waals surface area (Å²) in [5.41, 5.74) is 7.84. The monoisotopic (exact) mass is 412 g/mol. The maximum atomic E-state index is 12.6. The van der Waals surface area contributed by atoms with Gasteiger partial charge in [0.25, 0.3) is 0 Å². The minimum Gasteiger partial charge on any atom is -0.399 e. The van der Waals surface area contributed by atoms with Crippen LogP contribution in [0.1, 0.15) is 18.4 Å². The number of rotatable bonds is 3. The fourth-order valence-corrected chi connectivity index (χ4v) is 3.41. The number of nitrogens with two attached hydrogens (primary N) is 1. The van der Waals surface area contributed by atoms with Crippen molar-refractivity contribution in [3.05, 3.63) is 56.6 Å². The van der Waals surface area contributed by atoms with Crippen LogP contribution in [0.5, 0.6) is 0 Å². The summed E-state index contributed by atoms with van der Waals surface area (Å²) < 4.78 is 0.932. The van der Waals surface area contributed by atoms with Crippen molar-refractivity contribution in [2.45, 2.75) is 18.3 Å². The van der Waals surface area contributed by atoms with E-state index in [1.54, 1.807) is 6.07 Å². The Balaban J connectivity index is 1.83. The molecule has 1 aliphatic carbocycles. The summed E-state index contributed by atoms with van der Waals surface area (Å²) in [6.45, 7) is 0. The second-order valence-corrected chi connectivity index (χ2v) is 6.88. The minimum absolute atomic E-state index is 0.0347. The number of nitrogen functional groups attached to an aromatic ring is 1. The summed E-state index contributed by atoms with van der Waals surface area (Å²) in [5.74, 6) is 0.0347. The average molecular weight is 413 g/mol. The average Bonchev–Trinajstić information content (AvgIpc) is 3.24. The first-order chi connectivity index (χ1) is 10.0. The molecule has 108 valence electrons. The normalized spacial score (nSPS) is 15.5. The van der Waals surface area contributed by atoms with Crippen LogP contribution < -0.4 is 11.1 Å². The lowest BCUT2D eigenvalue weighted by molar-refractivity contribution is -0.118. The molecule has 0 spiro atoms. The fourth-order valence-electron chi connectivity index (χ4n) is 2.41. The van der Waals surface area contributed by atoms with Crippen LogP contribution in [0.2, 0.25) is 5.02 Å². The number of carbonyl (C=O) groups is 1. The number of carbonyl (C=O) groups excluding carboxylic acids is 1. The number of hydrogen-bond donors (Lipinski definition) is 2. The van der Waals surface area contributed by atoms with Crippen LogP contribution in [0, 0.1) is 3.57 Å². The molecule has 2 aromatic carbocycles. The van der Waals surface area contributed by atoms with E-state index in [0.29, 0.717) is 10.7 Å². The molecule has 0 aromatic heterocycles. The highest BCUT2D eigenvalue weighted by Gasteiger charge is 2.51. The quantitative estimate of drug-likeness (QED) is 0.586. The van der Waals surface area contributed by atoms with Gasteiger partial charge in [0.1, 0.15) is 0 Å². The Morgan fingerprint density at radius 2 is 1.86 bits per heavy atom. The lowest BCUT2D eigenvalue weighted by Crippen LogP contribution is -2.28. The first kappa shape index (κ1) is 14.7. The Hall–Kier alpha value is -1.27. The summed E-state index contributed by atoms with van der Waals surface area (Å²) in [5, 5.41) is 3.68. The molecule has 0 heterocycles. The van der Waals surface area contributed by atoms with Crippen LogP contribution in [0.25, 0.3) is 0 Å². The summed E-state index contributed by atoms with van der Waals surface area (Å²) in [7, 11) is 0. The van der Waals surface area contributed by atoms with Crippen LogP contribution in [0.3, 0.4) is 0 Å². The van der Waals surface area contributed by atoms with E-state index >= 15 is 0 Å². The Morgan fingerprint density at radius 3 is 2.43 bits per heavy atom. The second kappa shape index (κ2) is 5.50. The molecule has 0 saturated heterocycles. The number of hydrogen-bond acceptors (Lipinski definition) is 2. The molecule has 0 bridgehead atoms. The van der Waals surface area contributed by atoms with Gasteiger partial charge in [-0.2, -0.15) is 0 Å². The molecular formula is C16H14ClIN2O. The topological polar surface area (TPSA) is 55.1 Å². The highest BCUT2D eigenvalue weighted by molar-refractivity contribution is 14.1. The lowest BCUT2D eigenvalue weighted by atomic mass is 9.94. The fraction of sp³-hybridized carbons (Fsp3) is 0.188. The maximum absolute atomic E-state index is 12.6. The third kappa shape index (κ3) is 2.87. The number of nitrogens with one attached hydrogen (secondary N) is 1. The van der Waals surface area contributed by atoms with Crippen LogP contribution >= 0.6 is 34.2 Å². The van der Waals surface area contributed by atoms with Crippen molar-refractivity contribution in [2.24, 2.45) is 0 Å². The molecule has 0 unspecified atom stereocenters. The van der Waals surface area contributed by atoms with E-state index < -0.39 is 5.41 Å². The van der Waals surface area contributed by atoms with Crippen LogP contribution in [-0.4, -0.2) is 5.91 Å². The predicted molar refractivity (Wildman–Crippen MR) is 94.6 cm³/mol. The molecule has 1 aliphatic rings. The Labute approximate surface area is 142 Å². The van der Waals surface area contributed by atoms with Crippen molar-refractivity contribution in [3.8, 4) is 0 Å². The van der Waals surface area contributed by atoms with Gasteiger partial charge in [-0.25, -0.2) is 0 Å². The van der Waals surface area contributed by atoms with Crippen molar-refractivity contribution in [2.75, 3.05) is 11.1 Å². The summed E-state index contributed by atoms with van der Waals surface area (Å²) in [6.07, 6.45) is 1.74. The van der Waals surface area contributed by atoms with Crippen LogP contribution in [0.15, 0.2) is 42.5 Å². The zero-order valence-corrected chi connectivity index (χ0v) is 14.1. The van der Waals surface area contributed by atoms with Crippen LogP contribution in [-0.2, 0) is 10.2 Å². The van der Waals surface area contributed by atoms with E-state index in [2.05, 4.69) is 27.9 Å². The van der Waals surface area contributed by atoms with Gasteiger partial charge in [-0.15, -0.1) is 0 Å². The van der Waals surface area contributed by atoms with Gasteiger partial charge in [0.05, 0.1) is 11.1 Å². The first-order valence-electron chi connectivity index (χ1n) is 6.64. The molecule has 21 heavy (non-hydrogen) atoms. The summed E-state index contributed by atoms with van der Waals surface area (Å²) in [4.78, 5) is 12.6. The molecule has 1 amide bonds. The van der Waals surface area contributed by atoms with Gasteiger partial charge in [-0.3, -0.25) is 4.79 Å². The zero-order valence-electron chi connectivity index (χ0n) is 11.2. The van der Waals surface area contributed by atoms with Gasteiger partial charge in [0.2, 0.25) is 5.91 Å².